The van der Waals surface area contributed by atoms with Gasteiger partial charge in [-0.1, -0.05) is 32.1 Å². The van der Waals surface area contributed by atoms with Crippen LogP contribution in [0.3, 0.4) is 0 Å². The van der Waals surface area contributed by atoms with Gasteiger partial charge in [0.1, 0.15) is 0 Å². The molecule has 3 aliphatic rings. The lowest BCUT2D eigenvalue weighted by Gasteiger charge is -2.33. The lowest BCUT2D eigenvalue weighted by molar-refractivity contribution is -0.0662. The fraction of sp³-hybridized carbons (Fsp3) is 1.00. The Morgan fingerprint density at radius 1 is 0.947 bits per heavy atom. The zero-order valence-electron chi connectivity index (χ0n) is 12.2. The first-order valence-electron chi connectivity index (χ1n) is 8.59. The maximum atomic E-state index is 6.59. The van der Waals surface area contributed by atoms with Crippen LogP contribution in [0.2, 0.25) is 0 Å². The molecule has 2 aliphatic carbocycles. The summed E-state index contributed by atoms with van der Waals surface area (Å²) in [6, 6.07) is 0. The summed E-state index contributed by atoms with van der Waals surface area (Å²) in [5.74, 6) is 0.798. The zero-order valence-corrected chi connectivity index (χ0v) is 13.0. The van der Waals surface area contributed by atoms with Crippen molar-refractivity contribution in [3.05, 3.63) is 0 Å². The van der Waals surface area contributed by atoms with Gasteiger partial charge in [0.05, 0.1) is 11.7 Å². The molecule has 1 heterocycles. The molecule has 0 aromatic carbocycles. The summed E-state index contributed by atoms with van der Waals surface area (Å²) in [4.78, 5) is 0. The van der Waals surface area contributed by atoms with E-state index in [1.807, 2.05) is 0 Å². The summed E-state index contributed by atoms with van der Waals surface area (Å²) in [6.07, 6.45) is 17.8. The first-order chi connectivity index (χ1) is 9.27. The van der Waals surface area contributed by atoms with Crippen molar-refractivity contribution in [2.75, 3.05) is 0 Å². The summed E-state index contributed by atoms with van der Waals surface area (Å²) < 4.78 is 6.44. The van der Waals surface area contributed by atoms with Gasteiger partial charge in [0.25, 0.3) is 0 Å². The van der Waals surface area contributed by atoms with Gasteiger partial charge in [-0.05, 0) is 57.3 Å². The van der Waals surface area contributed by atoms with Gasteiger partial charge < -0.3 is 4.74 Å². The molecule has 1 aliphatic heterocycles. The van der Waals surface area contributed by atoms with Gasteiger partial charge in [0, 0.05) is 5.38 Å². The highest BCUT2D eigenvalue weighted by Gasteiger charge is 2.40. The van der Waals surface area contributed by atoms with Crippen LogP contribution in [0, 0.1) is 5.92 Å². The molecule has 1 nitrogen and oxygen atoms in total. The van der Waals surface area contributed by atoms with Crippen LogP contribution in [0.1, 0.15) is 83.5 Å². The molecule has 0 aromatic rings. The molecule has 0 radical (unpaired) electrons. The average Bonchev–Trinajstić information content (AvgIpc) is 3.08. The van der Waals surface area contributed by atoms with Crippen LogP contribution in [-0.2, 0) is 4.74 Å². The van der Waals surface area contributed by atoms with E-state index in [2.05, 4.69) is 0 Å². The number of hydrogen-bond acceptors (Lipinski definition) is 1. The summed E-state index contributed by atoms with van der Waals surface area (Å²) in [6.45, 7) is 0. The van der Waals surface area contributed by atoms with Crippen LogP contribution in [-0.4, -0.2) is 17.1 Å². The van der Waals surface area contributed by atoms with E-state index in [1.54, 1.807) is 0 Å². The molecule has 3 rings (SSSR count). The highest BCUT2D eigenvalue weighted by atomic mass is 35.5. The van der Waals surface area contributed by atoms with Crippen LogP contribution < -0.4 is 0 Å². The summed E-state index contributed by atoms with van der Waals surface area (Å²) in [5, 5.41) is 0.411. The van der Waals surface area contributed by atoms with E-state index in [1.165, 1.54) is 83.5 Å². The first-order valence-corrected chi connectivity index (χ1v) is 9.03. The smallest absolute Gasteiger partial charge is 0.0687 e. The van der Waals surface area contributed by atoms with E-state index in [-0.39, 0.29) is 5.60 Å². The van der Waals surface area contributed by atoms with Crippen molar-refractivity contribution in [1.82, 2.24) is 0 Å². The standard InChI is InChI=1S/C17H29ClO/c18-16(14-6-2-3-7-14)9-8-15-10-13-17(19-15)11-4-1-5-12-17/h14-16H,1-13H2. The van der Waals surface area contributed by atoms with Gasteiger partial charge in [-0.2, -0.15) is 0 Å². The van der Waals surface area contributed by atoms with Crippen LogP contribution in [0.15, 0.2) is 0 Å². The quantitative estimate of drug-likeness (QED) is 0.624. The fourth-order valence-electron chi connectivity index (χ4n) is 4.56. The molecule has 110 valence electrons. The van der Waals surface area contributed by atoms with Gasteiger partial charge in [-0.3, -0.25) is 0 Å². The highest BCUT2D eigenvalue weighted by Crippen LogP contribution is 2.43. The molecule has 3 fully saturated rings. The highest BCUT2D eigenvalue weighted by molar-refractivity contribution is 6.20. The van der Waals surface area contributed by atoms with Gasteiger partial charge in [0.2, 0.25) is 0 Å². The van der Waals surface area contributed by atoms with Crippen molar-refractivity contribution >= 4 is 11.6 Å². The number of halogens is 1. The van der Waals surface area contributed by atoms with E-state index in [4.69, 9.17) is 16.3 Å². The Kier molecular flexibility index (Phi) is 4.74. The minimum Gasteiger partial charge on any atom is -0.372 e. The second-order valence-electron chi connectivity index (χ2n) is 7.16. The molecule has 1 spiro atoms. The molecule has 19 heavy (non-hydrogen) atoms. The summed E-state index contributed by atoms with van der Waals surface area (Å²) >= 11 is 6.59. The van der Waals surface area contributed by atoms with Gasteiger partial charge >= 0.3 is 0 Å². The van der Waals surface area contributed by atoms with Crippen molar-refractivity contribution in [3.8, 4) is 0 Å². The third-order valence-electron chi connectivity index (χ3n) is 5.78. The van der Waals surface area contributed by atoms with Crippen molar-refractivity contribution in [2.45, 2.75) is 101 Å². The Labute approximate surface area is 123 Å². The minimum absolute atomic E-state index is 0.290. The summed E-state index contributed by atoms with van der Waals surface area (Å²) in [7, 11) is 0. The lowest BCUT2D eigenvalue weighted by atomic mass is 9.83. The van der Waals surface area contributed by atoms with E-state index in [0.717, 1.165) is 5.92 Å². The van der Waals surface area contributed by atoms with E-state index >= 15 is 0 Å². The maximum Gasteiger partial charge on any atom is 0.0687 e. The molecular formula is C17H29ClO. The Balaban J connectivity index is 1.41. The molecule has 2 heteroatoms. The van der Waals surface area contributed by atoms with Gasteiger partial charge in [0.15, 0.2) is 0 Å². The minimum atomic E-state index is 0.290. The van der Waals surface area contributed by atoms with Crippen LogP contribution in [0.25, 0.3) is 0 Å². The predicted molar refractivity (Wildman–Crippen MR) is 80.8 cm³/mol. The molecule has 1 saturated heterocycles. The van der Waals surface area contributed by atoms with Gasteiger partial charge in [-0.25, -0.2) is 0 Å². The normalized spacial score (nSPS) is 33.0. The second-order valence-corrected chi connectivity index (χ2v) is 7.72. The Morgan fingerprint density at radius 2 is 1.68 bits per heavy atom. The Hall–Kier alpha value is 0.250. The monoisotopic (exact) mass is 284 g/mol. The Morgan fingerprint density at radius 3 is 2.42 bits per heavy atom. The molecule has 0 aromatic heterocycles. The number of hydrogen-bond donors (Lipinski definition) is 0. The van der Waals surface area contributed by atoms with Gasteiger partial charge in [-0.15, -0.1) is 11.6 Å². The molecular weight excluding hydrogens is 256 g/mol. The second kappa shape index (κ2) is 6.35. The van der Waals surface area contributed by atoms with Crippen LogP contribution >= 0.6 is 11.6 Å². The SMILES string of the molecule is ClC(CCC1CCC2(CCCCC2)O1)C1CCCC1. The van der Waals surface area contributed by atoms with Crippen LogP contribution in [0.5, 0.6) is 0 Å². The predicted octanol–water partition coefficient (Wildman–Crippen LogP) is 5.45. The number of ether oxygens (including phenoxy) is 1. The average molecular weight is 285 g/mol. The zero-order chi connectivity index (χ0) is 13.1. The molecule has 2 saturated carbocycles. The van der Waals surface area contributed by atoms with Crippen LogP contribution in [0.4, 0.5) is 0 Å². The van der Waals surface area contributed by atoms with Crippen molar-refractivity contribution < 1.29 is 4.74 Å². The molecule has 0 N–H and O–H groups in total. The largest absolute Gasteiger partial charge is 0.372 e. The lowest BCUT2D eigenvalue weighted by Crippen LogP contribution is -2.31. The molecule has 0 amide bonds. The number of rotatable bonds is 4. The molecule has 2 unspecified atom stereocenters. The third-order valence-corrected chi connectivity index (χ3v) is 6.35. The molecule has 0 bridgehead atoms. The first kappa shape index (κ1) is 14.2. The van der Waals surface area contributed by atoms with Crippen molar-refractivity contribution in [2.24, 2.45) is 5.92 Å². The summed E-state index contributed by atoms with van der Waals surface area (Å²) in [5.41, 5.74) is 0.290. The number of alkyl halides is 1. The maximum absolute atomic E-state index is 6.59. The van der Waals surface area contributed by atoms with E-state index < -0.39 is 0 Å². The Bertz CT molecular complexity index is 279. The van der Waals surface area contributed by atoms with Crippen molar-refractivity contribution in [1.29, 1.82) is 0 Å². The fourth-order valence-corrected chi connectivity index (χ4v) is 4.94. The topological polar surface area (TPSA) is 9.23 Å². The van der Waals surface area contributed by atoms with E-state index in [9.17, 15) is 0 Å². The van der Waals surface area contributed by atoms with Crippen molar-refractivity contribution in [3.63, 3.8) is 0 Å². The van der Waals surface area contributed by atoms with E-state index in [0.29, 0.717) is 11.5 Å². The third kappa shape index (κ3) is 3.47. The molecule has 2 atom stereocenters.